The highest BCUT2D eigenvalue weighted by Crippen LogP contribution is 2.19. The summed E-state index contributed by atoms with van der Waals surface area (Å²) in [6.07, 6.45) is 17.8. The molecule has 0 N–H and O–H groups in total. The van der Waals surface area contributed by atoms with E-state index in [1.807, 2.05) is 17.5 Å². The number of carbonyl (C=O) groups excluding carboxylic acids is 1. The van der Waals surface area contributed by atoms with Gasteiger partial charge in [-0.3, -0.25) is 4.79 Å². The van der Waals surface area contributed by atoms with Crippen molar-refractivity contribution >= 4 is 17.3 Å². The van der Waals surface area contributed by atoms with Gasteiger partial charge >= 0.3 is 5.97 Å². The van der Waals surface area contributed by atoms with Crippen molar-refractivity contribution in [1.82, 2.24) is 0 Å². The van der Waals surface area contributed by atoms with E-state index in [0.717, 1.165) is 12.8 Å². The number of hydrogen-bond acceptors (Lipinski definition) is 3. The molecule has 0 aromatic carbocycles. The molecule has 1 heterocycles. The number of hydrogen-bond donors (Lipinski definition) is 0. The molecule has 0 aliphatic heterocycles. The fourth-order valence-electron chi connectivity index (χ4n) is 2.77. The van der Waals surface area contributed by atoms with Crippen LogP contribution in [0.4, 0.5) is 0 Å². The fourth-order valence-corrected chi connectivity index (χ4v) is 3.36. The van der Waals surface area contributed by atoms with E-state index in [1.165, 1.54) is 82.0 Å². The fraction of sp³-hybridized carbons (Fsp3) is 0.750. The van der Waals surface area contributed by atoms with Crippen molar-refractivity contribution in [3.8, 4) is 5.06 Å². The highest BCUT2D eigenvalue weighted by Gasteiger charge is 2.04. The minimum absolute atomic E-state index is 0.0875. The van der Waals surface area contributed by atoms with Crippen LogP contribution in [0.25, 0.3) is 0 Å². The molecule has 132 valence electrons. The predicted molar refractivity (Wildman–Crippen MR) is 100 cm³/mol. The molecular weight excluding hydrogens is 304 g/mol. The first-order valence-corrected chi connectivity index (χ1v) is 10.4. The SMILES string of the molecule is CCCCCCCCCCCCCCCC(=O)Oc1cccs1. The zero-order chi connectivity index (χ0) is 16.6. The van der Waals surface area contributed by atoms with Crippen molar-refractivity contribution < 1.29 is 9.53 Å². The van der Waals surface area contributed by atoms with E-state index in [0.29, 0.717) is 11.5 Å². The number of unbranched alkanes of at least 4 members (excludes halogenated alkanes) is 12. The van der Waals surface area contributed by atoms with E-state index in [-0.39, 0.29) is 5.97 Å². The molecular formula is C20H34O2S. The van der Waals surface area contributed by atoms with Crippen LogP contribution in [0.5, 0.6) is 5.06 Å². The van der Waals surface area contributed by atoms with Crippen LogP contribution in [0, 0.1) is 0 Å². The van der Waals surface area contributed by atoms with Crippen LogP contribution in [-0.2, 0) is 4.79 Å². The monoisotopic (exact) mass is 338 g/mol. The summed E-state index contributed by atoms with van der Waals surface area (Å²) in [7, 11) is 0. The Labute approximate surface area is 146 Å². The van der Waals surface area contributed by atoms with Gasteiger partial charge in [0, 0.05) is 6.42 Å². The minimum Gasteiger partial charge on any atom is -0.415 e. The zero-order valence-electron chi connectivity index (χ0n) is 14.9. The summed E-state index contributed by atoms with van der Waals surface area (Å²) in [5.74, 6) is -0.0875. The second-order valence-corrected chi connectivity index (χ2v) is 7.31. The molecule has 0 fully saturated rings. The normalized spacial score (nSPS) is 10.8. The van der Waals surface area contributed by atoms with Crippen LogP contribution in [-0.4, -0.2) is 5.97 Å². The summed E-state index contributed by atoms with van der Waals surface area (Å²) in [5.41, 5.74) is 0. The van der Waals surface area contributed by atoms with E-state index in [2.05, 4.69) is 6.92 Å². The van der Waals surface area contributed by atoms with Gasteiger partial charge in [-0.1, -0.05) is 84.0 Å². The molecule has 0 saturated carbocycles. The van der Waals surface area contributed by atoms with Gasteiger partial charge in [-0.25, -0.2) is 0 Å². The molecule has 0 radical (unpaired) electrons. The van der Waals surface area contributed by atoms with Gasteiger partial charge in [-0.15, -0.1) is 11.3 Å². The van der Waals surface area contributed by atoms with Gasteiger partial charge in [0.1, 0.15) is 0 Å². The third-order valence-electron chi connectivity index (χ3n) is 4.19. The van der Waals surface area contributed by atoms with Crippen molar-refractivity contribution in [2.45, 2.75) is 96.8 Å². The summed E-state index contributed by atoms with van der Waals surface area (Å²) in [6, 6.07) is 3.74. The molecule has 3 heteroatoms. The van der Waals surface area contributed by atoms with Crippen molar-refractivity contribution in [1.29, 1.82) is 0 Å². The Bertz CT molecular complexity index is 373. The van der Waals surface area contributed by atoms with E-state index in [4.69, 9.17) is 4.74 Å². The van der Waals surface area contributed by atoms with Crippen LogP contribution >= 0.6 is 11.3 Å². The molecule has 0 saturated heterocycles. The molecule has 1 rings (SSSR count). The maximum Gasteiger partial charge on any atom is 0.311 e. The van der Waals surface area contributed by atoms with Gasteiger partial charge in [0.15, 0.2) is 5.06 Å². The van der Waals surface area contributed by atoms with E-state index in [9.17, 15) is 4.79 Å². The Balaban J connectivity index is 1.77. The molecule has 0 aliphatic rings. The molecule has 0 unspecified atom stereocenters. The molecule has 0 aliphatic carbocycles. The highest BCUT2D eigenvalue weighted by molar-refractivity contribution is 7.11. The van der Waals surface area contributed by atoms with Gasteiger partial charge in [0.25, 0.3) is 0 Å². The van der Waals surface area contributed by atoms with Crippen LogP contribution in [0.3, 0.4) is 0 Å². The Kier molecular flexibility index (Phi) is 13.0. The Morgan fingerprint density at radius 1 is 0.870 bits per heavy atom. The number of ether oxygens (including phenoxy) is 1. The lowest BCUT2D eigenvalue weighted by Gasteiger charge is -2.03. The molecule has 0 atom stereocenters. The Hall–Kier alpha value is -0.830. The Morgan fingerprint density at radius 3 is 1.87 bits per heavy atom. The van der Waals surface area contributed by atoms with Gasteiger partial charge in [-0.05, 0) is 23.9 Å². The number of thiophene rings is 1. The maximum atomic E-state index is 11.6. The van der Waals surface area contributed by atoms with E-state index < -0.39 is 0 Å². The lowest BCUT2D eigenvalue weighted by molar-refractivity contribution is -0.134. The number of rotatable bonds is 15. The standard InChI is InChI=1S/C20H34O2S/c1-2-3-4-5-6-7-8-9-10-11-12-13-14-16-19(21)22-20-17-15-18-23-20/h15,17-18H,2-14,16H2,1H3. The molecule has 1 aromatic heterocycles. The summed E-state index contributed by atoms with van der Waals surface area (Å²) in [5, 5.41) is 2.64. The van der Waals surface area contributed by atoms with Crippen molar-refractivity contribution in [3.63, 3.8) is 0 Å². The Morgan fingerprint density at radius 2 is 1.39 bits per heavy atom. The van der Waals surface area contributed by atoms with E-state index >= 15 is 0 Å². The lowest BCUT2D eigenvalue weighted by Crippen LogP contribution is -2.06. The first-order valence-electron chi connectivity index (χ1n) is 9.57. The number of esters is 1. The predicted octanol–water partition coefficient (Wildman–Crippen LogP) is 7.13. The van der Waals surface area contributed by atoms with Crippen LogP contribution < -0.4 is 4.74 Å². The summed E-state index contributed by atoms with van der Waals surface area (Å²) < 4.78 is 5.24. The first-order chi connectivity index (χ1) is 11.3. The molecule has 1 aromatic rings. The smallest absolute Gasteiger partial charge is 0.311 e. The molecule has 0 bridgehead atoms. The summed E-state index contributed by atoms with van der Waals surface area (Å²) in [6.45, 7) is 2.27. The van der Waals surface area contributed by atoms with Gasteiger partial charge in [-0.2, -0.15) is 0 Å². The topological polar surface area (TPSA) is 26.3 Å². The van der Waals surface area contributed by atoms with Crippen molar-refractivity contribution in [3.05, 3.63) is 17.5 Å². The third-order valence-corrected chi connectivity index (χ3v) is 4.94. The zero-order valence-corrected chi connectivity index (χ0v) is 15.7. The first kappa shape index (κ1) is 20.2. The maximum absolute atomic E-state index is 11.6. The largest absolute Gasteiger partial charge is 0.415 e. The van der Waals surface area contributed by atoms with Crippen molar-refractivity contribution in [2.75, 3.05) is 0 Å². The van der Waals surface area contributed by atoms with Gasteiger partial charge in [0.2, 0.25) is 0 Å². The minimum atomic E-state index is -0.0875. The third kappa shape index (κ3) is 12.3. The van der Waals surface area contributed by atoms with Crippen molar-refractivity contribution in [2.24, 2.45) is 0 Å². The second kappa shape index (κ2) is 14.7. The summed E-state index contributed by atoms with van der Waals surface area (Å²) in [4.78, 5) is 11.6. The molecule has 23 heavy (non-hydrogen) atoms. The average molecular weight is 339 g/mol. The van der Waals surface area contributed by atoms with Crippen LogP contribution in [0.1, 0.15) is 96.8 Å². The molecule has 0 spiro atoms. The highest BCUT2D eigenvalue weighted by atomic mass is 32.1. The second-order valence-electron chi connectivity index (χ2n) is 6.40. The van der Waals surface area contributed by atoms with Gasteiger partial charge < -0.3 is 4.74 Å². The summed E-state index contributed by atoms with van der Waals surface area (Å²) >= 11 is 1.47. The van der Waals surface area contributed by atoms with Crippen LogP contribution in [0.15, 0.2) is 17.5 Å². The van der Waals surface area contributed by atoms with Gasteiger partial charge in [0.05, 0.1) is 0 Å². The van der Waals surface area contributed by atoms with E-state index in [1.54, 1.807) is 0 Å². The lowest BCUT2D eigenvalue weighted by atomic mass is 10.0. The van der Waals surface area contributed by atoms with Crippen LogP contribution in [0.2, 0.25) is 0 Å². The average Bonchev–Trinajstić information content (AvgIpc) is 3.04. The quantitative estimate of drug-likeness (QED) is 0.251. The number of carbonyl (C=O) groups is 1. The molecule has 0 amide bonds. The molecule has 2 nitrogen and oxygen atoms in total.